The number of hydrogen-bond acceptors (Lipinski definition) is 1. The molecular formula is C11H9FO. The van der Waals surface area contributed by atoms with E-state index >= 15 is 0 Å². The van der Waals surface area contributed by atoms with Gasteiger partial charge in [-0.05, 0) is 18.1 Å². The molecular weight excluding hydrogens is 167 g/mol. The van der Waals surface area contributed by atoms with Crippen LogP contribution in [0.4, 0.5) is 4.39 Å². The highest BCUT2D eigenvalue weighted by Crippen LogP contribution is 2.03. The summed E-state index contributed by atoms with van der Waals surface area (Å²) >= 11 is 0. The van der Waals surface area contributed by atoms with Gasteiger partial charge in [-0.3, -0.25) is 4.79 Å². The van der Waals surface area contributed by atoms with E-state index in [9.17, 15) is 9.18 Å². The summed E-state index contributed by atoms with van der Waals surface area (Å²) in [5.74, 6) is 4.28. The lowest BCUT2D eigenvalue weighted by atomic mass is 10.2. The second kappa shape index (κ2) is 4.42. The van der Waals surface area contributed by atoms with Gasteiger partial charge in [-0.1, -0.05) is 25.0 Å². The molecule has 0 fully saturated rings. The third-order valence-corrected chi connectivity index (χ3v) is 1.53. The van der Waals surface area contributed by atoms with Gasteiger partial charge in [0.25, 0.3) is 0 Å². The lowest BCUT2D eigenvalue weighted by Crippen LogP contribution is -1.89. The van der Waals surface area contributed by atoms with Gasteiger partial charge in [0, 0.05) is 6.42 Å². The van der Waals surface area contributed by atoms with Gasteiger partial charge in [0.2, 0.25) is 5.78 Å². The third-order valence-electron chi connectivity index (χ3n) is 1.53. The molecule has 0 spiro atoms. The summed E-state index contributed by atoms with van der Waals surface area (Å²) in [6.45, 7) is 1.72. The molecule has 0 saturated heterocycles. The number of rotatable bonds is 1. The maximum absolute atomic E-state index is 12.9. The van der Waals surface area contributed by atoms with Crippen LogP contribution in [0.3, 0.4) is 0 Å². The monoisotopic (exact) mass is 176 g/mol. The molecule has 1 aromatic rings. The van der Waals surface area contributed by atoms with Crippen molar-refractivity contribution in [3.8, 4) is 11.8 Å². The minimum atomic E-state index is -0.390. The predicted octanol–water partition coefficient (Wildman–Crippen LogP) is 2.16. The van der Waals surface area contributed by atoms with Gasteiger partial charge < -0.3 is 0 Å². The quantitative estimate of drug-likeness (QED) is 0.599. The molecule has 0 radical (unpaired) electrons. The Balaban J connectivity index is 2.89. The van der Waals surface area contributed by atoms with E-state index in [1.54, 1.807) is 25.1 Å². The number of benzene rings is 1. The van der Waals surface area contributed by atoms with Crippen LogP contribution >= 0.6 is 0 Å². The van der Waals surface area contributed by atoms with Crippen molar-refractivity contribution in [1.82, 2.24) is 0 Å². The standard InChI is InChI=1S/C11H9FO/c1-2-10(13)8-7-9-5-3-4-6-11(9)12/h3-6H,2H2,1H3. The second-order valence-electron chi connectivity index (χ2n) is 2.51. The third kappa shape index (κ3) is 2.72. The molecule has 66 valence electrons. The van der Waals surface area contributed by atoms with Crippen molar-refractivity contribution in [1.29, 1.82) is 0 Å². The molecule has 0 aliphatic carbocycles. The summed E-state index contributed by atoms with van der Waals surface area (Å²) in [5, 5.41) is 0. The van der Waals surface area contributed by atoms with Crippen LogP contribution in [0.25, 0.3) is 0 Å². The summed E-state index contributed by atoms with van der Waals surface area (Å²) in [4.78, 5) is 10.8. The van der Waals surface area contributed by atoms with E-state index in [1.165, 1.54) is 6.07 Å². The van der Waals surface area contributed by atoms with Crippen molar-refractivity contribution in [3.05, 3.63) is 35.6 Å². The van der Waals surface area contributed by atoms with Crippen LogP contribution in [0.15, 0.2) is 24.3 Å². The van der Waals surface area contributed by atoms with Crippen LogP contribution in [0, 0.1) is 17.7 Å². The Bertz CT molecular complexity index is 371. The molecule has 0 unspecified atom stereocenters. The van der Waals surface area contributed by atoms with Crippen molar-refractivity contribution in [3.63, 3.8) is 0 Å². The molecule has 0 aromatic heterocycles. The highest BCUT2D eigenvalue weighted by molar-refractivity contribution is 5.95. The van der Waals surface area contributed by atoms with Crippen LogP contribution in [0.2, 0.25) is 0 Å². The molecule has 0 N–H and O–H groups in total. The maximum atomic E-state index is 12.9. The van der Waals surface area contributed by atoms with Crippen molar-refractivity contribution < 1.29 is 9.18 Å². The Kier molecular flexibility index (Phi) is 3.22. The van der Waals surface area contributed by atoms with E-state index in [2.05, 4.69) is 11.8 Å². The first-order valence-electron chi connectivity index (χ1n) is 4.03. The first-order valence-corrected chi connectivity index (χ1v) is 4.03. The predicted molar refractivity (Wildman–Crippen MR) is 48.6 cm³/mol. The lowest BCUT2D eigenvalue weighted by Gasteiger charge is -1.90. The molecule has 0 aliphatic heterocycles. The summed E-state index contributed by atoms with van der Waals surface area (Å²) in [7, 11) is 0. The van der Waals surface area contributed by atoms with Crippen molar-refractivity contribution >= 4 is 5.78 Å². The molecule has 0 bridgehead atoms. The zero-order valence-electron chi connectivity index (χ0n) is 7.30. The van der Waals surface area contributed by atoms with Gasteiger partial charge >= 0.3 is 0 Å². The van der Waals surface area contributed by atoms with E-state index in [1.807, 2.05) is 0 Å². The summed E-state index contributed by atoms with van der Waals surface area (Å²) in [6.07, 6.45) is 0.363. The molecule has 2 heteroatoms. The van der Waals surface area contributed by atoms with Crippen LogP contribution in [-0.2, 0) is 4.79 Å². The zero-order valence-corrected chi connectivity index (χ0v) is 7.30. The highest BCUT2D eigenvalue weighted by Gasteiger charge is 1.95. The van der Waals surface area contributed by atoms with Crippen LogP contribution in [-0.4, -0.2) is 5.78 Å². The Morgan fingerprint density at radius 1 is 1.46 bits per heavy atom. The summed E-state index contributed by atoms with van der Waals surface area (Å²) < 4.78 is 12.9. The van der Waals surface area contributed by atoms with Crippen LogP contribution < -0.4 is 0 Å². The molecule has 1 nitrogen and oxygen atoms in total. The first-order chi connectivity index (χ1) is 6.24. The Morgan fingerprint density at radius 3 is 2.77 bits per heavy atom. The number of ketones is 1. The molecule has 0 heterocycles. The van der Waals surface area contributed by atoms with Crippen molar-refractivity contribution in [2.24, 2.45) is 0 Å². The zero-order chi connectivity index (χ0) is 9.68. The van der Waals surface area contributed by atoms with E-state index in [0.29, 0.717) is 6.42 Å². The average Bonchev–Trinajstić information content (AvgIpc) is 2.16. The summed E-state index contributed by atoms with van der Waals surface area (Å²) in [6, 6.07) is 6.14. The van der Waals surface area contributed by atoms with E-state index in [-0.39, 0.29) is 17.2 Å². The number of halogens is 1. The number of hydrogen-bond donors (Lipinski definition) is 0. The van der Waals surface area contributed by atoms with Gasteiger partial charge in [0.15, 0.2) is 0 Å². The SMILES string of the molecule is CCC(=O)C#Cc1ccccc1F. The van der Waals surface area contributed by atoms with E-state index in [0.717, 1.165) is 0 Å². The smallest absolute Gasteiger partial charge is 0.205 e. The molecule has 0 saturated carbocycles. The molecule has 1 rings (SSSR count). The Labute approximate surface area is 76.6 Å². The van der Waals surface area contributed by atoms with Gasteiger partial charge in [0.1, 0.15) is 5.82 Å². The summed E-state index contributed by atoms with van der Waals surface area (Å²) in [5.41, 5.74) is 0.268. The minimum Gasteiger partial charge on any atom is -0.285 e. The van der Waals surface area contributed by atoms with Gasteiger partial charge in [-0.2, -0.15) is 0 Å². The minimum absolute atomic E-state index is 0.178. The number of Topliss-reactive ketones (excluding diaryl/α,β-unsaturated/α-hetero) is 1. The molecule has 0 aliphatic rings. The fraction of sp³-hybridized carbons (Fsp3) is 0.182. The normalized spacial score (nSPS) is 8.77. The van der Waals surface area contributed by atoms with Gasteiger partial charge in [-0.15, -0.1) is 0 Å². The largest absolute Gasteiger partial charge is 0.285 e. The average molecular weight is 176 g/mol. The molecule has 13 heavy (non-hydrogen) atoms. The topological polar surface area (TPSA) is 17.1 Å². The highest BCUT2D eigenvalue weighted by atomic mass is 19.1. The van der Waals surface area contributed by atoms with Crippen molar-refractivity contribution in [2.75, 3.05) is 0 Å². The fourth-order valence-electron chi connectivity index (χ4n) is 0.788. The first kappa shape index (κ1) is 9.47. The maximum Gasteiger partial charge on any atom is 0.205 e. The van der Waals surface area contributed by atoms with Crippen LogP contribution in [0.5, 0.6) is 0 Å². The second-order valence-corrected chi connectivity index (χ2v) is 2.51. The Morgan fingerprint density at radius 2 is 2.15 bits per heavy atom. The van der Waals surface area contributed by atoms with Gasteiger partial charge in [-0.25, -0.2) is 4.39 Å². The lowest BCUT2D eigenvalue weighted by molar-refractivity contribution is -0.113. The van der Waals surface area contributed by atoms with E-state index < -0.39 is 0 Å². The van der Waals surface area contributed by atoms with Crippen molar-refractivity contribution in [2.45, 2.75) is 13.3 Å². The fourth-order valence-corrected chi connectivity index (χ4v) is 0.788. The van der Waals surface area contributed by atoms with E-state index in [4.69, 9.17) is 0 Å². The molecule has 0 atom stereocenters. The molecule has 0 amide bonds. The van der Waals surface area contributed by atoms with Gasteiger partial charge in [0.05, 0.1) is 5.56 Å². The molecule has 1 aromatic carbocycles. The number of carbonyl (C=O) groups excluding carboxylic acids is 1. The van der Waals surface area contributed by atoms with Crippen LogP contribution in [0.1, 0.15) is 18.9 Å². The number of carbonyl (C=O) groups is 1. The Hall–Kier alpha value is -1.62.